The molecule has 0 aliphatic heterocycles. The van der Waals surface area contributed by atoms with Gasteiger partial charge in [-0.25, -0.2) is 0 Å². The third kappa shape index (κ3) is 3.08. The van der Waals surface area contributed by atoms with E-state index in [1.54, 1.807) is 11.3 Å². The maximum absolute atomic E-state index is 10.1. The van der Waals surface area contributed by atoms with Crippen molar-refractivity contribution in [1.29, 1.82) is 0 Å². The van der Waals surface area contributed by atoms with E-state index in [1.807, 2.05) is 35.7 Å². The van der Waals surface area contributed by atoms with Crippen LogP contribution < -0.4 is 4.90 Å². The van der Waals surface area contributed by atoms with Gasteiger partial charge in [-0.05, 0) is 30.5 Å². The normalized spacial score (nSPS) is 12.4. The molecule has 0 saturated heterocycles. The molecule has 1 unspecified atom stereocenters. The summed E-state index contributed by atoms with van der Waals surface area (Å²) < 4.78 is 0. The molecule has 2 aromatic rings. The van der Waals surface area contributed by atoms with Crippen LogP contribution in [0.15, 0.2) is 47.8 Å². The fourth-order valence-corrected chi connectivity index (χ4v) is 2.54. The molecule has 1 aromatic heterocycles. The van der Waals surface area contributed by atoms with Gasteiger partial charge in [0, 0.05) is 23.7 Å². The first-order valence-electron chi connectivity index (χ1n) is 5.82. The molecule has 0 aliphatic rings. The Morgan fingerprint density at radius 3 is 2.53 bits per heavy atom. The summed E-state index contributed by atoms with van der Waals surface area (Å²) in [5, 5.41) is 12.1. The van der Waals surface area contributed by atoms with Crippen LogP contribution >= 0.6 is 11.3 Å². The molecule has 1 N–H and O–H groups in total. The van der Waals surface area contributed by atoms with Gasteiger partial charge in [-0.3, -0.25) is 0 Å². The van der Waals surface area contributed by atoms with E-state index in [1.165, 1.54) is 0 Å². The average molecular weight is 247 g/mol. The Morgan fingerprint density at radius 1 is 1.18 bits per heavy atom. The minimum Gasteiger partial charge on any atom is -0.386 e. The third-order valence-electron chi connectivity index (χ3n) is 2.77. The maximum atomic E-state index is 10.1. The Bertz CT molecular complexity index is 427. The highest BCUT2D eigenvalue weighted by molar-refractivity contribution is 7.10. The van der Waals surface area contributed by atoms with Crippen LogP contribution in [-0.4, -0.2) is 18.2 Å². The van der Waals surface area contributed by atoms with Gasteiger partial charge in [0.1, 0.15) is 6.10 Å². The number of likely N-dealkylation sites (N-methyl/N-ethyl adjacent to an activating group) is 1. The second-order valence-corrected chi connectivity index (χ2v) is 4.88. The number of benzene rings is 1. The van der Waals surface area contributed by atoms with Gasteiger partial charge >= 0.3 is 0 Å². The summed E-state index contributed by atoms with van der Waals surface area (Å²) in [6.07, 6.45) is -0.407. The van der Waals surface area contributed by atoms with Crippen LogP contribution in [0, 0.1) is 0 Å². The van der Waals surface area contributed by atoms with Gasteiger partial charge in [0.2, 0.25) is 0 Å². The van der Waals surface area contributed by atoms with E-state index in [-0.39, 0.29) is 0 Å². The van der Waals surface area contributed by atoms with Crippen molar-refractivity contribution in [3.05, 3.63) is 52.7 Å². The molecule has 3 heteroatoms. The van der Waals surface area contributed by atoms with Gasteiger partial charge in [-0.1, -0.05) is 24.3 Å². The van der Waals surface area contributed by atoms with Gasteiger partial charge in [-0.15, -0.1) is 11.3 Å². The molecule has 0 saturated carbocycles. The van der Waals surface area contributed by atoms with Gasteiger partial charge < -0.3 is 10.0 Å². The standard InChI is InChI=1S/C14H17NOS/c1-2-15(12-7-4-3-5-8-12)11-13(16)14-9-6-10-17-14/h3-10,13,16H,2,11H2,1H3. The number of hydrogen-bond acceptors (Lipinski definition) is 3. The van der Waals surface area contributed by atoms with Crippen molar-refractivity contribution in [1.82, 2.24) is 0 Å². The largest absolute Gasteiger partial charge is 0.386 e. The van der Waals surface area contributed by atoms with E-state index in [4.69, 9.17) is 0 Å². The van der Waals surface area contributed by atoms with E-state index in [2.05, 4.69) is 24.0 Å². The van der Waals surface area contributed by atoms with Crippen molar-refractivity contribution in [3.8, 4) is 0 Å². The predicted molar refractivity (Wildman–Crippen MR) is 73.6 cm³/mol. The zero-order chi connectivity index (χ0) is 12.1. The van der Waals surface area contributed by atoms with E-state index in [0.717, 1.165) is 17.1 Å². The summed E-state index contributed by atoms with van der Waals surface area (Å²) in [7, 11) is 0. The Morgan fingerprint density at radius 2 is 1.94 bits per heavy atom. The second-order valence-electron chi connectivity index (χ2n) is 3.91. The summed E-state index contributed by atoms with van der Waals surface area (Å²) in [5.41, 5.74) is 1.16. The topological polar surface area (TPSA) is 23.5 Å². The lowest BCUT2D eigenvalue weighted by Gasteiger charge is -2.25. The van der Waals surface area contributed by atoms with Crippen molar-refractivity contribution in [2.45, 2.75) is 13.0 Å². The van der Waals surface area contributed by atoms with Crippen molar-refractivity contribution in [3.63, 3.8) is 0 Å². The molecular weight excluding hydrogens is 230 g/mol. The van der Waals surface area contributed by atoms with E-state index < -0.39 is 6.10 Å². The van der Waals surface area contributed by atoms with Crippen molar-refractivity contribution >= 4 is 17.0 Å². The highest BCUT2D eigenvalue weighted by Gasteiger charge is 2.13. The molecular formula is C14H17NOS. The van der Waals surface area contributed by atoms with E-state index in [0.29, 0.717) is 6.54 Å². The van der Waals surface area contributed by atoms with Crippen LogP contribution in [-0.2, 0) is 0 Å². The number of hydrogen-bond donors (Lipinski definition) is 1. The smallest absolute Gasteiger partial charge is 0.106 e. The van der Waals surface area contributed by atoms with Crippen molar-refractivity contribution < 1.29 is 5.11 Å². The predicted octanol–water partition coefficient (Wildman–Crippen LogP) is 3.31. The van der Waals surface area contributed by atoms with Gasteiger partial charge in [-0.2, -0.15) is 0 Å². The number of aliphatic hydroxyl groups is 1. The Balaban J connectivity index is 2.06. The average Bonchev–Trinajstić information content (AvgIpc) is 2.90. The molecule has 0 bridgehead atoms. The first kappa shape index (κ1) is 12.1. The molecule has 2 nitrogen and oxygen atoms in total. The Labute approximate surface area is 106 Å². The van der Waals surface area contributed by atoms with Gasteiger partial charge in [0.25, 0.3) is 0 Å². The molecule has 0 spiro atoms. The SMILES string of the molecule is CCN(CC(O)c1cccs1)c1ccccc1. The lowest BCUT2D eigenvalue weighted by Crippen LogP contribution is -2.27. The highest BCUT2D eigenvalue weighted by Crippen LogP contribution is 2.22. The lowest BCUT2D eigenvalue weighted by atomic mass is 10.2. The van der Waals surface area contributed by atoms with E-state index >= 15 is 0 Å². The van der Waals surface area contributed by atoms with Crippen LogP contribution in [0.2, 0.25) is 0 Å². The first-order valence-corrected chi connectivity index (χ1v) is 6.70. The quantitative estimate of drug-likeness (QED) is 0.876. The number of rotatable bonds is 5. The monoisotopic (exact) mass is 247 g/mol. The van der Waals surface area contributed by atoms with Crippen LogP contribution in [0.4, 0.5) is 5.69 Å². The van der Waals surface area contributed by atoms with Crippen molar-refractivity contribution in [2.24, 2.45) is 0 Å². The maximum Gasteiger partial charge on any atom is 0.106 e. The molecule has 90 valence electrons. The number of nitrogens with zero attached hydrogens (tertiary/aromatic N) is 1. The summed E-state index contributed by atoms with van der Waals surface area (Å²) >= 11 is 1.60. The number of aliphatic hydroxyl groups excluding tert-OH is 1. The minimum absolute atomic E-state index is 0.407. The molecule has 1 heterocycles. The Hall–Kier alpha value is -1.32. The summed E-state index contributed by atoms with van der Waals surface area (Å²) in [6, 6.07) is 14.2. The molecule has 1 atom stereocenters. The fourth-order valence-electron chi connectivity index (χ4n) is 1.84. The second kappa shape index (κ2) is 5.84. The highest BCUT2D eigenvalue weighted by atomic mass is 32.1. The van der Waals surface area contributed by atoms with Crippen LogP contribution in [0.1, 0.15) is 17.9 Å². The summed E-state index contributed by atoms with van der Waals surface area (Å²) in [5.74, 6) is 0. The van der Waals surface area contributed by atoms with Crippen LogP contribution in [0.25, 0.3) is 0 Å². The Kier molecular flexibility index (Phi) is 4.18. The van der Waals surface area contributed by atoms with Crippen molar-refractivity contribution in [2.75, 3.05) is 18.0 Å². The van der Waals surface area contributed by atoms with E-state index in [9.17, 15) is 5.11 Å². The molecule has 0 aliphatic carbocycles. The molecule has 0 amide bonds. The lowest BCUT2D eigenvalue weighted by molar-refractivity contribution is 0.187. The molecule has 1 aromatic carbocycles. The third-order valence-corrected chi connectivity index (χ3v) is 3.74. The summed E-state index contributed by atoms with van der Waals surface area (Å²) in [6.45, 7) is 3.64. The van der Waals surface area contributed by atoms with Crippen LogP contribution in [0.3, 0.4) is 0 Å². The minimum atomic E-state index is -0.407. The van der Waals surface area contributed by atoms with Gasteiger partial charge in [0.05, 0.1) is 0 Å². The van der Waals surface area contributed by atoms with Crippen LogP contribution in [0.5, 0.6) is 0 Å². The molecule has 2 rings (SSSR count). The fraction of sp³-hybridized carbons (Fsp3) is 0.286. The molecule has 0 radical (unpaired) electrons. The zero-order valence-electron chi connectivity index (χ0n) is 9.91. The number of anilines is 1. The number of thiophene rings is 1. The molecule has 0 fully saturated rings. The summed E-state index contributed by atoms with van der Waals surface area (Å²) in [4.78, 5) is 3.21. The number of para-hydroxylation sites is 1. The molecule has 17 heavy (non-hydrogen) atoms. The first-order chi connectivity index (χ1) is 8.31. The van der Waals surface area contributed by atoms with Gasteiger partial charge in [0.15, 0.2) is 0 Å². The zero-order valence-corrected chi connectivity index (χ0v) is 10.7.